The van der Waals surface area contributed by atoms with Crippen LogP contribution in [0.15, 0.2) is 24.3 Å². The predicted molar refractivity (Wildman–Crippen MR) is 261 cm³/mol. The first-order chi connectivity index (χ1) is 29.6. The minimum Gasteiger partial charge on any atom is -0.462 e. The molecule has 0 aromatic carbocycles. The number of esters is 2. The molecule has 0 spiro atoms. The van der Waals surface area contributed by atoms with Gasteiger partial charge in [-0.2, -0.15) is 0 Å². The van der Waals surface area contributed by atoms with Gasteiger partial charge in [0.1, 0.15) is 6.61 Å². The highest BCUT2D eigenvalue weighted by Gasteiger charge is 2.16. The van der Waals surface area contributed by atoms with Crippen LogP contribution < -0.4 is 0 Å². The highest BCUT2D eigenvalue weighted by atomic mass is 16.6. The molecule has 5 heteroatoms. The summed E-state index contributed by atoms with van der Waals surface area (Å²) in [5, 5.41) is 9.63. The molecule has 0 rings (SSSR count). The molecule has 1 N–H and O–H groups in total. The number of rotatable bonds is 50. The van der Waals surface area contributed by atoms with Crippen molar-refractivity contribution in [2.75, 3.05) is 13.2 Å². The normalized spacial score (nSPS) is 12.2. The van der Waals surface area contributed by atoms with Crippen LogP contribution in [-0.2, 0) is 19.1 Å². The van der Waals surface area contributed by atoms with Gasteiger partial charge in [0.25, 0.3) is 0 Å². The molecule has 0 aliphatic rings. The highest BCUT2D eigenvalue weighted by Crippen LogP contribution is 2.16. The molecule has 1 unspecified atom stereocenters. The van der Waals surface area contributed by atoms with Crippen molar-refractivity contribution in [3.63, 3.8) is 0 Å². The molecular formula is C55H104O5. The molecule has 0 bridgehead atoms. The lowest BCUT2D eigenvalue weighted by atomic mass is 10.0. The van der Waals surface area contributed by atoms with Crippen LogP contribution in [0.4, 0.5) is 0 Å². The molecule has 0 aromatic rings. The van der Waals surface area contributed by atoms with Crippen molar-refractivity contribution in [1.29, 1.82) is 0 Å². The average Bonchev–Trinajstić information content (AvgIpc) is 3.25. The third kappa shape index (κ3) is 49.0. The minimum atomic E-state index is -0.770. The van der Waals surface area contributed by atoms with Crippen molar-refractivity contribution in [2.45, 2.75) is 302 Å². The van der Waals surface area contributed by atoms with Crippen molar-refractivity contribution in [3.05, 3.63) is 24.3 Å². The highest BCUT2D eigenvalue weighted by molar-refractivity contribution is 5.70. The fourth-order valence-electron chi connectivity index (χ4n) is 8.14. The van der Waals surface area contributed by atoms with E-state index in [2.05, 4.69) is 38.2 Å². The van der Waals surface area contributed by atoms with Crippen molar-refractivity contribution in [2.24, 2.45) is 0 Å². The minimum absolute atomic E-state index is 0.0631. The summed E-state index contributed by atoms with van der Waals surface area (Å²) < 4.78 is 10.7. The molecular weight excluding hydrogens is 741 g/mol. The van der Waals surface area contributed by atoms with Gasteiger partial charge < -0.3 is 14.6 Å². The number of allylic oxidation sites excluding steroid dienone is 4. The van der Waals surface area contributed by atoms with Gasteiger partial charge in [0, 0.05) is 12.8 Å². The molecule has 0 amide bonds. The van der Waals surface area contributed by atoms with Crippen LogP contribution in [0.25, 0.3) is 0 Å². The first-order valence-electron chi connectivity index (χ1n) is 26.9. The zero-order chi connectivity index (χ0) is 43.5. The van der Waals surface area contributed by atoms with Crippen molar-refractivity contribution < 1.29 is 24.2 Å². The Hall–Kier alpha value is -1.62. The number of unbranched alkanes of at least 4 members (excludes halogenated alkanes) is 38. The first-order valence-corrected chi connectivity index (χ1v) is 26.9. The van der Waals surface area contributed by atoms with Gasteiger partial charge in [-0.3, -0.25) is 9.59 Å². The van der Waals surface area contributed by atoms with E-state index >= 15 is 0 Å². The maximum absolute atomic E-state index is 12.3. The third-order valence-electron chi connectivity index (χ3n) is 12.2. The van der Waals surface area contributed by atoms with Gasteiger partial charge in [0.05, 0.1) is 6.61 Å². The van der Waals surface area contributed by atoms with Gasteiger partial charge in [0.15, 0.2) is 6.10 Å². The summed E-state index contributed by atoms with van der Waals surface area (Å²) in [5.41, 5.74) is 0. The number of aliphatic hydroxyl groups is 1. The van der Waals surface area contributed by atoms with Crippen LogP contribution in [0.1, 0.15) is 296 Å². The number of carbonyl (C=O) groups is 2. The number of hydrogen-bond acceptors (Lipinski definition) is 5. The predicted octanol–water partition coefficient (Wildman–Crippen LogP) is 17.8. The summed E-state index contributed by atoms with van der Waals surface area (Å²) in [6.07, 6.45) is 64.3. The van der Waals surface area contributed by atoms with Gasteiger partial charge in [-0.15, -0.1) is 0 Å². The van der Waals surface area contributed by atoms with E-state index in [9.17, 15) is 14.7 Å². The Morgan fingerprint density at radius 2 is 0.617 bits per heavy atom. The number of ether oxygens (including phenoxy) is 2. The Morgan fingerprint density at radius 3 is 0.900 bits per heavy atom. The standard InChI is InChI=1S/C55H104O5/c1-3-5-7-9-11-13-15-17-19-21-22-23-24-25-26-27-28-29-30-31-32-34-36-38-40-42-44-46-48-50-55(58)60-53(51-56)52-59-54(57)49-47-45-43-41-39-37-35-33-20-18-16-14-12-10-8-6-4-2/h18,20-22,53,56H,3-17,19,23-52H2,1-2H3/b20-18-,22-21-. The van der Waals surface area contributed by atoms with Crippen molar-refractivity contribution in [3.8, 4) is 0 Å². The van der Waals surface area contributed by atoms with Gasteiger partial charge in [0.2, 0.25) is 0 Å². The second-order valence-electron chi connectivity index (χ2n) is 18.3. The largest absolute Gasteiger partial charge is 0.462 e. The van der Waals surface area contributed by atoms with E-state index in [1.165, 1.54) is 231 Å². The Bertz CT molecular complexity index is 913. The molecule has 0 aliphatic carbocycles. The second-order valence-corrected chi connectivity index (χ2v) is 18.3. The molecule has 0 fully saturated rings. The molecule has 0 saturated carbocycles. The summed E-state index contributed by atoms with van der Waals surface area (Å²) in [7, 11) is 0. The van der Waals surface area contributed by atoms with E-state index in [1.54, 1.807) is 0 Å². The van der Waals surface area contributed by atoms with Gasteiger partial charge in [-0.05, 0) is 64.2 Å². The summed E-state index contributed by atoms with van der Waals surface area (Å²) >= 11 is 0. The average molecular weight is 845 g/mol. The molecule has 0 aromatic heterocycles. The monoisotopic (exact) mass is 845 g/mol. The molecule has 0 heterocycles. The smallest absolute Gasteiger partial charge is 0.306 e. The summed E-state index contributed by atoms with van der Waals surface area (Å²) in [4.78, 5) is 24.4. The topological polar surface area (TPSA) is 72.8 Å². The van der Waals surface area contributed by atoms with Gasteiger partial charge in [-0.1, -0.05) is 244 Å². The Kier molecular flexibility index (Phi) is 50.3. The van der Waals surface area contributed by atoms with Crippen LogP contribution in [0.5, 0.6) is 0 Å². The number of carbonyl (C=O) groups excluding carboxylic acids is 2. The molecule has 1 atom stereocenters. The van der Waals surface area contributed by atoms with Crippen LogP contribution in [0.2, 0.25) is 0 Å². The van der Waals surface area contributed by atoms with Crippen molar-refractivity contribution in [1.82, 2.24) is 0 Å². The van der Waals surface area contributed by atoms with Crippen LogP contribution in [0, 0.1) is 0 Å². The molecule has 0 radical (unpaired) electrons. The summed E-state index contributed by atoms with van der Waals surface area (Å²) in [5.74, 6) is -0.580. The lowest BCUT2D eigenvalue weighted by Crippen LogP contribution is -2.28. The maximum Gasteiger partial charge on any atom is 0.306 e. The molecule has 0 aliphatic heterocycles. The SMILES string of the molecule is CCCCCCCC/C=C\CCCCCCCCCC(=O)OCC(CO)OC(=O)CCCCCCCCCCCCCCCCCCC/C=C\CCCCCCCCCC. The van der Waals surface area contributed by atoms with E-state index in [0.717, 1.165) is 38.5 Å². The fraction of sp³-hybridized carbons (Fsp3) is 0.891. The maximum atomic E-state index is 12.3. The van der Waals surface area contributed by atoms with Crippen LogP contribution >= 0.6 is 0 Å². The van der Waals surface area contributed by atoms with Gasteiger partial charge >= 0.3 is 11.9 Å². The van der Waals surface area contributed by atoms with E-state index in [1.807, 2.05) is 0 Å². The molecule has 60 heavy (non-hydrogen) atoms. The molecule has 354 valence electrons. The summed E-state index contributed by atoms with van der Waals surface area (Å²) in [6.45, 7) is 4.17. The van der Waals surface area contributed by atoms with E-state index in [-0.39, 0.29) is 25.2 Å². The number of hydrogen-bond donors (Lipinski definition) is 1. The Balaban J connectivity index is 3.43. The lowest BCUT2D eigenvalue weighted by Gasteiger charge is -2.15. The molecule has 5 nitrogen and oxygen atoms in total. The quantitative estimate of drug-likeness (QED) is 0.0375. The van der Waals surface area contributed by atoms with Crippen LogP contribution in [-0.4, -0.2) is 36.4 Å². The zero-order valence-corrected chi connectivity index (χ0v) is 40.5. The van der Waals surface area contributed by atoms with Crippen LogP contribution in [0.3, 0.4) is 0 Å². The zero-order valence-electron chi connectivity index (χ0n) is 40.5. The second kappa shape index (κ2) is 51.7. The molecule has 0 saturated heterocycles. The summed E-state index contributed by atoms with van der Waals surface area (Å²) in [6, 6.07) is 0. The third-order valence-corrected chi connectivity index (χ3v) is 12.2. The van der Waals surface area contributed by atoms with Gasteiger partial charge in [-0.25, -0.2) is 0 Å². The van der Waals surface area contributed by atoms with E-state index in [0.29, 0.717) is 12.8 Å². The number of aliphatic hydroxyl groups excluding tert-OH is 1. The Labute approximate surface area is 374 Å². The fourth-order valence-corrected chi connectivity index (χ4v) is 8.14. The van der Waals surface area contributed by atoms with E-state index < -0.39 is 6.10 Å². The first kappa shape index (κ1) is 58.4. The lowest BCUT2D eigenvalue weighted by molar-refractivity contribution is -0.161. The van der Waals surface area contributed by atoms with E-state index in [4.69, 9.17) is 9.47 Å². The van der Waals surface area contributed by atoms with Crippen molar-refractivity contribution >= 4 is 11.9 Å². The Morgan fingerprint density at radius 1 is 0.367 bits per heavy atom.